The van der Waals surface area contributed by atoms with Crippen molar-refractivity contribution in [1.29, 1.82) is 0 Å². The molecule has 2 N–H and O–H groups in total. The molecule has 21 heavy (non-hydrogen) atoms. The number of nitrogens with one attached hydrogen (secondary N) is 2. The zero-order valence-corrected chi connectivity index (χ0v) is 11.8. The molecular formula is C13H13ClN4O3. The molecule has 0 unspecified atom stereocenters. The SMILES string of the molecule is O=C(NCCCc1ncn[nH]1)c1cc(Cl)c2c(c1)OCO2. The second-order valence-electron chi connectivity index (χ2n) is 4.48. The molecule has 0 radical (unpaired) electrons. The van der Waals surface area contributed by atoms with E-state index in [0.29, 0.717) is 28.6 Å². The van der Waals surface area contributed by atoms with Crippen LogP contribution in [-0.4, -0.2) is 34.4 Å². The minimum Gasteiger partial charge on any atom is -0.454 e. The molecule has 7 nitrogen and oxygen atoms in total. The van der Waals surface area contributed by atoms with Crippen LogP contribution in [0, 0.1) is 0 Å². The molecule has 2 heterocycles. The molecule has 110 valence electrons. The van der Waals surface area contributed by atoms with Crippen molar-refractivity contribution in [2.24, 2.45) is 0 Å². The Balaban J connectivity index is 1.55. The number of carbonyl (C=O) groups excluding carboxylic acids is 1. The predicted octanol–water partition coefficient (Wildman–Crippen LogP) is 1.55. The molecular weight excluding hydrogens is 296 g/mol. The van der Waals surface area contributed by atoms with Gasteiger partial charge in [-0.15, -0.1) is 0 Å². The van der Waals surface area contributed by atoms with Gasteiger partial charge in [-0.25, -0.2) is 4.98 Å². The van der Waals surface area contributed by atoms with E-state index >= 15 is 0 Å². The molecule has 0 spiro atoms. The fourth-order valence-corrected chi connectivity index (χ4v) is 2.27. The van der Waals surface area contributed by atoms with E-state index in [-0.39, 0.29) is 12.7 Å². The standard InChI is InChI=1S/C13H13ClN4O3/c14-9-4-8(5-10-12(9)21-7-20-10)13(19)15-3-1-2-11-16-6-17-18-11/h4-6H,1-3,7H2,(H,15,19)(H,16,17,18). The van der Waals surface area contributed by atoms with Gasteiger partial charge in [0.15, 0.2) is 11.5 Å². The summed E-state index contributed by atoms with van der Waals surface area (Å²) in [5, 5.41) is 9.73. The van der Waals surface area contributed by atoms with Gasteiger partial charge in [0.05, 0.1) is 5.02 Å². The van der Waals surface area contributed by atoms with Crippen molar-refractivity contribution in [3.05, 3.63) is 34.9 Å². The van der Waals surface area contributed by atoms with E-state index in [1.54, 1.807) is 12.1 Å². The van der Waals surface area contributed by atoms with Gasteiger partial charge in [0.25, 0.3) is 5.91 Å². The maximum absolute atomic E-state index is 12.1. The number of ether oxygens (including phenoxy) is 2. The van der Waals surface area contributed by atoms with E-state index < -0.39 is 0 Å². The Labute approximate surface area is 125 Å². The van der Waals surface area contributed by atoms with Crippen molar-refractivity contribution >= 4 is 17.5 Å². The van der Waals surface area contributed by atoms with Gasteiger partial charge in [0, 0.05) is 18.5 Å². The molecule has 1 aromatic carbocycles. The highest BCUT2D eigenvalue weighted by molar-refractivity contribution is 6.32. The van der Waals surface area contributed by atoms with Crippen molar-refractivity contribution in [2.75, 3.05) is 13.3 Å². The average molecular weight is 309 g/mol. The van der Waals surface area contributed by atoms with Gasteiger partial charge in [-0.3, -0.25) is 9.89 Å². The number of benzene rings is 1. The van der Waals surface area contributed by atoms with Crippen LogP contribution in [0.2, 0.25) is 5.02 Å². The summed E-state index contributed by atoms with van der Waals surface area (Å²) in [6.45, 7) is 0.656. The maximum Gasteiger partial charge on any atom is 0.251 e. The van der Waals surface area contributed by atoms with Gasteiger partial charge >= 0.3 is 0 Å². The first-order valence-electron chi connectivity index (χ1n) is 6.45. The van der Waals surface area contributed by atoms with Crippen LogP contribution in [0.15, 0.2) is 18.5 Å². The monoisotopic (exact) mass is 308 g/mol. The first-order valence-corrected chi connectivity index (χ1v) is 6.83. The third-order valence-electron chi connectivity index (χ3n) is 3.03. The summed E-state index contributed by atoms with van der Waals surface area (Å²) in [4.78, 5) is 16.1. The minimum absolute atomic E-state index is 0.122. The smallest absolute Gasteiger partial charge is 0.251 e. The topological polar surface area (TPSA) is 89.1 Å². The Morgan fingerprint density at radius 1 is 1.43 bits per heavy atom. The highest BCUT2D eigenvalue weighted by Gasteiger charge is 2.20. The molecule has 1 amide bonds. The highest BCUT2D eigenvalue weighted by atomic mass is 35.5. The molecule has 0 aliphatic carbocycles. The molecule has 0 saturated heterocycles. The second kappa shape index (κ2) is 6.01. The summed E-state index contributed by atoms with van der Waals surface area (Å²) >= 11 is 6.04. The van der Waals surface area contributed by atoms with E-state index in [9.17, 15) is 4.79 Å². The van der Waals surface area contributed by atoms with Crippen molar-refractivity contribution < 1.29 is 14.3 Å². The van der Waals surface area contributed by atoms with Crippen LogP contribution in [0.3, 0.4) is 0 Å². The largest absolute Gasteiger partial charge is 0.454 e. The number of amides is 1. The number of aromatic amines is 1. The van der Waals surface area contributed by atoms with Crippen LogP contribution in [-0.2, 0) is 6.42 Å². The highest BCUT2D eigenvalue weighted by Crippen LogP contribution is 2.39. The molecule has 0 bridgehead atoms. The van der Waals surface area contributed by atoms with Crippen LogP contribution in [0.4, 0.5) is 0 Å². The van der Waals surface area contributed by atoms with Gasteiger partial charge < -0.3 is 14.8 Å². The fraction of sp³-hybridized carbons (Fsp3) is 0.308. The molecule has 8 heteroatoms. The molecule has 0 saturated carbocycles. The van der Waals surface area contributed by atoms with Gasteiger partial charge in [0.1, 0.15) is 12.2 Å². The number of aromatic nitrogens is 3. The van der Waals surface area contributed by atoms with Crippen molar-refractivity contribution in [3.8, 4) is 11.5 Å². The van der Waals surface area contributed by atoms with Gasteiger partial charge in [0.2, 0.25) is 6.79 Å². The number of H-pyrrole nitrogens is 1. The first-order chi connectivity index (χ1) is 10.2. The fourth-order valence-electron chi connectivity index (χ4n) is 2.01. The Hall–Kier alpha value is -2.28. The lowest BCUT2D eigenvalue weighted by Crippen LogP contribution is -2.24. The number of aryl methyl sites for hydroxylation is 1. The maximum atomic E-state index is 12.1. The second-order valence-corrected chi connectivity index (χ2v) is 4.89. The van der Waals surface area contributed by atoms with Gasteiger partial charge in [-0.2, -0.15) is 5.10 Å². The lowest BCUT2D eigenvalue weighted by Gasteiger charge is -2.06. The number of fused-ring (bicyclic) bond motifs is 1. The Kier molecular flexibility index (Phi) is 3.92. The number of hydrogen-bond donors (Lipinski definition) is 2. The zero-order chi connectivity index (χ0) is 14.7. The third kappa shape index (κ3) is 3.08. The number of rotatable bonds is 5. The lowest BCUT2D eigenvalue weighted by molar-refractivity contribution is 0.0952. The van der Waals surface area contributed by atoms with Gasteiger partial charge in [-0.05, 0) is 18.6 Å². The van der Waals surface area contributed by atoms with Crippen LogP contribution >= 0.6 is 11.6 Å². The third-order valence-corrected chi connectivity index (χ3v) is 3.31. The molecule has 1 aromatic heterocycles. The number of carbonyl (C=O) groups is 1. The lowest BCUT2D eigenvalue weighted by atomic mass is 10.2. The number of nitrogens with zero attached hydrogens (tertiary/aromatic N) is 2. The summed E-state index contributed by atoms with van der Waals surface area (Å²) in [6, 6.07) is 3.20. The van der Waals surface area contributed by atoms with E-state index in [0.717, 1.165) is 18.7 Å². The van der Waals surface area contributed by atoms with Crippen LogP contribution < -0.4 is 14.8 Å². The van der Waals surface area contributed by atoms with Crippen molar-refractivity contribution in [3.63, 3.8) is 0 Å². The first kappa shape index (κ1) is 13.7. The molecule has 3 rings (SSSR count). The van der Waals surface area contributed by atoms with Crippen LogP contribution in [0.25, 0.3) is 0 Å². The average Bonchev–Trinajstić information content (AvgIpc) is 3.14. The quantitative estimate of drug-likeness (QED) is 0.818. The van der Waals surface area contributed by atoms with E-state index in [4.69, 9.17) is 21.1 Å². The van der Waals surface area contributed by atoms with E-state index in [1.165, 1.54) is 6.33 Å². The Morgan fingerprint density at radius 3 is 3.14 bits per heavy atom. The molecule has 1 aliphatic heterocycles. The van der Waals surface area contributed by atoms with Crippen LogP contribution in [0.5, 0.6) is 11.5 Å². The normalized spacial score (nSPS) is 12.4. The molecule has 0 fully saturated rings. The summed E-state index contributed by atoms with van der Waals surface area (Å²) in [5.74, 6) is 1.58. The van der Waals surface area contributed by atoms with Crippen LogP contribution in [0.1, 0.15) is 22.6 Å². The summed E-state index contributed by atoms with van der Waals surface area (Å²) in [5.41, 5.74) is 0.448. The summed E-state index contributed by atoms with van der Waals surface area (Å²) in [7, 11) is 0. The minimum atomic E-state index is -0.201. The van der Waals surface area contributed by atoms with Gasteiger partial charge in [-0.1, -0.05) is 11.6 Å². The predicted molar refractivity (Wildman–Crippen MR) is 74.6 cm³/mol. The Morgan fingerprint density at radius 2 is 2.33 bits per heavy atom. The van der Waals surface area contributed by atoms with E-state index in [1.807, 2.05) is 0 Å². The number of halogens is 1. The van der Waals surface area contributed by atoms with Crippen molar-refractivity contribution in [2.45, 2.75) is 12.8 Å². The summed E-state index contributed by atoms with van der Waals surface area (Å²) < 4.78 is 10.4. The zero-order valence-electron chi connectivity index (χ0n) is 11.1. The summed E-state index contributed by atoms with van der Waals surface area (Å²) in [6.07, 6.45) is 2.95. The Bertz CT molecular complexity index is 645. The van der Waals surface area contributed by atoms with E-state index in [2.05, 4.69) is 20.5 Å². The number of hydrogen-bond acceptors (Lipinski definition) is 5. The van der Waals surface area contributed by atoms with Crippen molar-refractivity contribution in [1.82, 2.24) is 20.5 Å². The molecule has 0 atom stereocenters. The molecule has 1 aliphatic rings. The molecule has 2 aromatic rings.